The van der Waals surface area contributed by atoms with Crippen LogP contribution in [-0.4, -0.2) is 74.6 Å². The highest BCUT2D eigenvalue weighted by molar-refractivity contribution is 7.99. The van der Waals surface area contributed by atoms with Crippen LogP contribution in [0.15, 0.2) is 64.5 Å². The number of nitrogens with zero attached hydrogens (tertiary/aromatic N) is 3. The van der Waals surface area contributed by atoms with Gasteiger partial charge in [0, 0.05) is 50.9 Å². The minimum Gasteiger partial charge on any atom is -0.356 e. The fourth-order valence-electron chi connectivity index (χ4n) is 2.53. The molecule has 0 aromatic heterocycles. The summed E-state index contributed by atoms with van der Waals surface area (Å²) in [6.07, 6.45) is 0. The van der Waals surface area contributed by atoms with Gasteiger partial charge in [-0.05, 0) is 29.8 Å². The van der Waals surface area contributed by atoms with Crippen LogP contribution in [-0.2, 0) is 11.3 Å². The predicted octanol–water partition coefficient (Wildman–Crippen LogP) is 2.30. The summed E-state index contributed by atoms with van der Waals surface area (Å²) in [4.78, 5) is 32.8. The van der Waals surface area contributed by atoms with Crippen LogP contribution in [0.5, 0.6) is 0 Å². The number of benzene rings is 2. The number of aliphatic imine (C=N–C) groups is 1. The number of guanidine groups is 1. The lowest BCUT2D eigenvalue weighted by Gasteiger charge is -2.15. The first-order valence-electron chi connectivity index (χ1n) is 10.1. The highest BCUT2D eigenvalue weighted by atomic mass is 32.2. The Morgan fingerprint density at radius 2 is 1.58 bits per heavy atom. The van der Waals surface area contributed by atoms with Gasteiger partial charge in [-0.15, -0.1) is 11.8 Å². The number of hydrogen-bond acceptors (Lipinski definition) is 4. The second-order valence-electron chi connectivity index (χ2n) is 7.29. The van der Waals surface area contributed by atoms with Crippen LogP contribution >= 0.6 is 11.8 Å². The first-order valence-corrected chi connectivity index (χ1v) is 11.1. The molecule has 0 atom stereocenters. The predicted molar refractivity (Wildman–Crippen MR) is 127 cm³/mol. The lowest BCUT2D eigenvalue weighted by atomic mass is 10.1. The van der Waals surface area contributed by atoms with E-state index in [4.69, 9.17) is 0 Å². The minimum absolute atomic E-state index is 0.0280. The van der Waals surface area contributed by atoms with Gasteiger partial charge in [0.1, 0.15) is 0 Å². The SMILES string of the molecule is CN(C)C(=O)CNC(=NCc1ccc(C(=O)N(C)C)cc1)NCCSc1ccccc1. The van der Waals surface area contributed by atoms with Crippen LogP contribution < -0.4 is 10.6 Å². The Morgan fingerprint density at radius 1 is 0.903 bits per heavy atom. The summed E-state index contributed by atoms with van der Waals surface area (Å²) >= 11 is 1.76. The molecule has 0 bridgehead atoms. The Balaban J connectivity index is 1.95. The summed E-state index contributed by atoms with van der Waals surface area (Å²) in [5.74, 6) is 1.39. The number of hydrogen-bond donors (Lipinski definition) is 2. The molecule has 166 valence electrons. The molecule has 0 saturated heterocycles. The number of rotatable bonds is 9. The quantitative estimate of drug-likeness (QED) is 0.270. The van der Waals surface area contributed by atoms with Crippen molar-refractivity contribution in [3.8, 4) is 0 Å². The van der Waals surface area contributed by atoms with Crippen molar-refractivity contribution >= 4 is 29.5 Å². The van der Waals surface area contributed by atoms with Crippen molar-refractivity contribution in [1.82, 2.24) is 20.4 Å². The Bertz CT molecular complexity index is 867. The van der Waals surface area contributed by atoms with Crippen LogP contribution in [0.4, 0.5) is 0 Å². The van der Waals surface area contributed by atoms with E-state index < -0.39 is 0 Å². The lowest BCUT2D eigenvalue weighted by molar-refractivity contribution is -0.127. The van der Waals surface area contributed by atoms with Gasteiger partial charge in [0.25, 0.3) is 5.91 Å². The average molecular weight is 442 g/mol. The van der Waals surface area contributed by atoms with E-state index in [-0.39, 0.29) is 18.4 Å². The third-order valence-corrected chi connectivity index (χ3v) is 5.35. The Kier molecular flexibility index (Phi) is 9.90. The molecule has 0 aliphatic carbocycles. The van der Waals surface area contributed by atoms with E-state index >= 15 is 0 Å². The summed E-state index contributed by atoms with van der Waals surface area (Å²) in [7, 11) is 6.91. The third kappa shape index (κ3) is 8.72. The van der Waals surface area contributed by atoms with Crippen molar-refractivity contribution in [3.05, 3.63) is 65.7 Å². The first-order chi connectivity index (χ1) is 14.9. The molecule has 8 heteroatoms. The summed E-state index contributed by atoms with van der Waals surface area (Å²) in [6, 6.07) is 17.6. The van der Waals surface area contributed by atoms with Gasteiger partial charge in [0.05, 0.1) is 13.1 Å². The van der Waals surface area contributed by atoms with Crippen molar-refractivity contribution in [2.24, 2.45) is 4.99 Å². The Labute approximate surface area is 188 Å². The summed E-state index contributed by atoms with van der Waals surface area (Å²) in [5.41, 5.74) is 1.62. The lowest BCUT2D eigenvalue weighted by Crippen LogP contribution is -2.43. The standard InChI is InChI=1S/C23H31N5O2S/c1-27(2)21(29)17-26-23(24-14-15-31-20-8-6-5-7-9-20)25-16-18-10-12-19(13-11-18)22(30)28(3)4/h5-13H,14-17H2,1-4H3,(H2,24,25,26). The molecular formula is C23H31N5O2S. The fourth-order valence-corrected chi connectivity index (χ4v) is 3.32. The van der Waals surface area contributed by atoms with E-state index in [1.807, 2.05) is 30.3 Å². The highest BCUT2D eigenvalue weighted by Gasteiger charge is 2.08. The number of carbonyl (C=O) groups excluding carboxylic acids is 2. The van der Waals surface area contributed by atoms with E-state index in [1.165, 1.54) is 9.80 Å². The molecule has 0 radical (unpaired) electrons. The topological polar surface area (TPSA) is 77.0 Å². The van der Waals surface area contributed by atoms with E-state index in [2.05, 4.69) is 27.8 Å². The second-order valence-corrected chi connectivity index (χ2v) is 8.46. The van der Waals surface area contributed by atoms with Gasteiger partial charge in [-0.25, -0.2) is 4.99 Å². The van der Waals surface area contributed by atoms with Gasteiger partial charge in [0.15, 0.2) is 5.96 Å². The van der Waals surface area contributed by atoms with Crippen molar-refractivity contribution in [1.29, 1.82) is 0 Å². The number of amides is 2. The van der Waals surface area contributed by atoms with Crippen molar-refractivity contribution in [3.63, 3.8) is 0 Å². The number of carbonyl (C=O) groups is 2. The van der Waals surface area contributed by atoms with E-state index in [1.54, 1.807) is 57.0 Å². The minimum atomic E-state index is -0.0304. The monoisotopic (exact) mass is 441 g/mol. The zero-order valence-corrected chi connectivity index (χ0v) is 19.4. The largest absolute Gasteiger partial charge is 0.356 e. The summed E-state index contributed by atoms with van der Waals surface area (Å²) in [5, 5.41) is 6.38. The number of thioether (sulfide) groups is 1. The van der Waals surface area contributed by atoms with Crippen LogP contribution in [0.1, 0.15) is 15.9 Å². The maximum Gasteiger partial charge on any atom is 0.253 e. The molecule has 2 rings (SSSR count). The maximum absolute atomic E-state index is 12.0. The third-order valence-electron chi connectivity index (χ3n) is 4.34. The number of likely N-dealkylation sites (N-methyl/N-ethyl adjacent to an activating group) is 1. The van der Waals surface area contributed by atoms with E-state index in [0.717, 1.165) is 11.3 Å². The first kappa shape index (κ1) is 24.3. The van der Waals surface area contributed by atoms with Crippen molar-refractivity contribution in [2.45, 2.75) is 11.4 Å². The van der Waals surface area contributed by atoms with Gasteiger partial charge < -0.3 is 20.4 Å². The number of nitrogens with one attached hydrogen (secondary N) is 2. The fraction of sp³-hybridized carbons (Fsp3) is 0.348. The molecule has 0 aliphatic heterocycles. The average Bonchev–Trinajstić information content (AvgIpc) is 2.78. The van der Waals surface area contributed by atoms with Gasteiger partial charge in [0.2, 0.25) is 5.91 Å². The van der Waals surface area contributed by atoms with Crippen LogP contribution in [0.25, 0.3) is 0 Å². The summed E-state index contributed by atoms with van der Waals surface area (Å²) < 4.78 is 0. The van der Waals surface area contributed by atoms with Gasteiger partial charge in [-0.3, -0.25) is 9.59 Å². The molecule has 7 nitrogen and oxygen atoms in total. The second kappa shape index (κ2) is 12.6. The highest BCUT2D eigenvalue weighted by Crippen LogP contribution is 2.15. The molecule has 31 heavy (non-hydrogen) atoms. The molecule has 0 unspecified atom stereocenters. The Hall–Kier alpha value is -3.00. The molecular weight excluding hydrogens is 410 g/mol. The van der Waals surface area contributed by atoms with Gasteiger partial charge >= 0.3 is 0 Å². The molecule has 2 amide bonds. The normalized spacial score (nSPS) is 11.0. The zero-order valence-electron chi connectivity index (χ0n) is 18.6. The van der Waals surface area contributed by atoms with Crippen molar-refractivity contribution < 1.29 is 9.59 Å². The van der Waals surface area contributed by atoms with E-state index in [0.29, 0.717) is 24.6 Å². The maximum atomic E-state index is 12.0. The molecule has 0 saturated carbocycles. The van der Waals surface area contributed by atoms with Gasteiger partial charge in [-0.2, -0.15) is 0 Å². The molecule has 2 N–H and O–H groups in total. The molecule has 2 aromatic carbocycles. The summed E-state index contributed by atoms with van der Waals surface area (Å²) in [6.45, 7) is 1.31. The zero-order chi connectivity index (χ0) is 22.6. The van der Waals surface area contributed by atoms with Crippen LogP contribution in [0.2, 0.25) is 0 Å². The smallest absolute Gasteiger partial charge is 0.253 e. The van der Waals surface area contributed by atoms with Gasteiger partial charge in [-0.1, -0.05) is 30.3 Å². The molecule has 2 aromatic rings. The van der Waals surface area contributed by atoms with Crippen LogP contribution in [0.3, 0.4) is 0 Å². The molecule has 0 aliphatic rings. The van der Waals surface area contributed by atoms with E-state index in [9.17, 15) is 9.59 Å². The Morgan fingerprint density at radius 3 is 2.19 bits per heavy atom. The molecule has 0 fully saturated rings. The van der Waals surface area contributed by atoms with Crippen molar-refractivity contribution in [2.75, 3.05) is 47.0 Å². The molecule has 0 heterocycles. The molecule has 0 spiro atoms. The van der Waals surface area contributed by atoms with Crippen LogP contribution in [0, 0.1) is 0 Å².